The first-order valence-corrected chi connectivity index (χ1v) is 13.3. The minimum Gasteiger partial charge on any atom is -0.378 e. The molecule has 0 radical (unpaired) electrons. The second kappa shape index (κ2) is 10.7. The van der Waals surface area contributed by atoms with Crippen molar-refractivity contribution in [2.75, 3.05) is 53.7 Å². The van der Waals surface area contributed by atoms with E-state index in [1.165, 1.54) is 0 Å². The molecule has 0 unspecified atom stereocenters. The van der Waals surface area contributed by atoms with Crippen LogP contribution in [0.25, 0.3) is 11.3 Å². The summed E-state index contributed by atoms with van der Waals surface area (Å²) in [5, 5.41) is 12.2. The molecule has 6 rings (SSSR count). The average Bonchev–Trinajstić information content (AvgIpc) is 3.40. The first kappa shape index (κ1) is 25.4. The van der Waals surface area contributed by atoms with Crippen LogP contribution in [-0.2, 0) is 15.2 Å². The topological polar surface area (TPSA) is 103 Å². The average molecular weight is 536 g/mol. The second-order valence-corrected chi connectivity index (χ2v) is 10.0. The number of alkyl halides is 2. The van der Waals surface area contributed by atoms with E-state index in [2.05, 4.69) is 26.3 Å². The summed E-state index contributed by atoms with van der Waals surface area (Å²) in [7, 11) is 0. The zero-order chi connectivity index (χ0) is 26.8. The van der Waals surface area contributed by atoms with Crippen molar-refractivity contribution in [1.82, 2.24) is 15.3 Å². The van der Waals surface area contributed by atoms with Crippen LogP contribution in [0.3, 0.4) is 0 Å². The lowest BCUT2D eigenvalue weighted by molar-refractivity contribution is -0.118. The van der Waals surface area contributed by atoms with Crippen molar-refractivity contribution in [3.8, 4) is 11.3 Å². The van der Waals surface area contributed by atoms with Gasteiger partial charge in [0, 0.05) is 24.3 Å². The maximum atomic E-state index is 14.8. The van der Waals surface area contributed by atoms with Crippen LogP contribution in [0.1, 0.15) is 25.0 Å². The Kier molecular flexibility index (Phi) is 7.01. The smallest absolute Gasteiger partial charge is 0.285 e. The Morgan fingerprint density at radius 3 is 2.38 bits per heavy atom. The summed E-state index contributed by atoms with van der Waals surface area (Å²) in [6, 6.07) is 15.8. The van der Waals surface area contributed by atoms with E-state index in [0.29, 0.717) is 55.0 Å². The fourth-order valence-electron chi connectivity index (χ4n) is 5.22. The highest BCUT2D eigenvalue weighted by molar-refractivity contribution is 5.95. The lowest BCUT2D eigenvalue weighted by atomic mass is 10.0. The molecule has 9 nitrogen and oxygen atoms in total. The number of hydrogen-bond acceptors (Lipinski definition) is 8. The van der Waals surface area contributed by atoms with E-state index >= 15 is 0 Å². The van der Waals surface area contributed by atoms with Crippen LogP contribution in [0, 0.1) is 0 Å². The predicted octanol–water partition coefficient (Wildman–Crippen LogP) is 4.02. The van der Waals surface area contributed by atoms with Gasteiger partial charge < -0.3 is 30.9 Å². The number of benzene rings is 2. The molecule has 3 aliphatic heterocycles. The number of morpholine rings is 1. The number of fused-ring (bicyclic) bond motifs is 1. The van der Waals surface area contributed by atoms with E-state index in [1.807, 2.05) is 17.0 Å². The lowest BCUT2D eigenvalue weighted by Crippen LogP contribution is -2.47. The second-order valence-electron chi connectivity index (χ2n) is 10.0. The van der Waals surface area contributed by atoms with E-state index in [-0.39, 0.29) is 17.6 Å². The highest BCUT2D eigenvalue weighted by Crippen LogP contribution is 2.43. The molecule has 11 heteroatoms. The third-order valence-corrected chi connectivity index (χ3v) is 7.41. The van der Waals surface area contributed by atoms with Crippen LogP contribution >= 0.6 is 0 Å². The highest BCUT2D eigenvalue weighted by atomic mass is 19.3. The van der Waals surface area contributed by atoms with Gasteiger partial charge in [-0.25, -0.2) is 18.7 Å². The van der Waals surface area contributed by atoms with E-state index in [4.69, 9.17) is 9.72 Å². The third-order valence-electron chi connectivity index (χ3n) is 7.41. The number of piperidine rings is 1. The maximum absolute atomic E-state index is 14.8. The molecule has 2 saturated heterocycles. The van der Waals surface area contributed by atoms with Crippen molar-refractivity contribution < 1.29 is 18.3 Å². The van der Waals surface area contributed by atoms with Gasteiger partial charge in [0.05, 0.1) is 42.0 Å². The van der Waals surface area contributed by atoms with E-state index in [0.717, 1.165) is 31.4 Å². The van der Waals surface area contributed by atoms with Gasteiger partial charge in [0.15, 0.2) is 0 Å². The molecule has 4 N–H and O–H groups in total. The van der Waals surface area contributed by atoms with Crippen LogP contribution in [0.15, 0.2) is 54.6 Å². The number of ether oxygens (including phenoxy) is 1. The van der Waals surface area contributed by atoms with Crippen molar-refractivity contribution in [1.29, 1.82) is 0 Å². The Hall–Kier alpha value is -3.83. The van der Waals surface area contributed by atoms with Crippen LogP contribution < -0.4 is 26.2 Å². The maximum Gasteiger partial charge on any atom is 0.285 e. The third kappa shape index (κ3) is 5.11. The van der Waals surface area contributed by atoms with Crippen molar-refractivity contribution in [2.45, 2.75) is 37.4 Å². The normalized spacial score (nSPS) is 20.2. The number of nitrogens with one attached hydrogen (secondary N) is 4. The largest absolute Gasteiger partial charge is 0.378 e. The van der Waals surface area contributed by atoms with Crippen LogP contribution in [0.4, 0.5) is 31.8 Å². The van der Waals surface area contributed by atoms with Crippen molar-refractivity contribution >= 4 is 28.9 Å². The molecule has 204 valence electrons. The first-order chi connectivity index (χ1) is 19.0. The van der Waals surface area contributed by atoms with E-state index < -0.39 is 12.1 Å². The minimum atomic E-state index is -2.81. The summed E-state index contributed by atoms with van der Waals surface area (Å²) in [6.07, 6.45) is 0.114. The van der Waals surface area contributed by atoms with Crippen LogP contribution in [0.2, 0.25) is 0 Å². The Morgan fingerprint density at radius 1 is 1.03 bits per heavy atom. The van der Waals surface area contributed by atoms with Crippen LogP contribution in [0.5, 0.6) is 0 Å². The number of halogens is 2. The molecular formula is C28H31F2N7O2. The molecule has 0 bridgehead atoms. The molecule has 3 aromatic rings. The molecule has 1 amide bonds. The number of hydrogen-bond donors (Lipinski definition) is 4. The van der Waals surface area contributed by atoms with E-state index in [1.54, 1.807) is 42.5 Å². The van der Waals surface area contributed by atoms with Gasteiger partial charge in [0.25, 0.3) is 6.43 Å². The molecule has 0 aliphatic carbocycles. The van der Waals surface area contributed by atoms with Gasteiger partial charge in [-0.2, -0.15) is 0 Å². The molecule has 1 atom stereocenters. The van der Waals surface area contributed by atoms with Crippen molar-refractivity contribution in [3.63, 3.8) is 0 Å². The monoisotopic (exact) mass is 535 g/mol. The number of amides is 1. The minimum absolute atomic E-state index is 0.0572. The number of carbonyl (C=O) groups is 1. The molecule has 39 heavy (non-hydrogen) atoms. The Labute approximate surface area is 225 Å². The number of aromatic nitrogens is 2. The highest BCUT2D eigenvalue weighted by Gasteiger charge is 2.48. The summed E-state index contributed by atoms with van der Waals surface area (Å²) < 4.78 is 35.1. The van der Waals surface area contributed by atoms with Gasteiger partial charge in [-0.15, -0.1) is 0 Å². The molecular weight excluding hydrogens is 504 g/mol. The Balaban J connectivity index is 1.33. The van der Waals surface area contributed by atoms with Crippen molar-refractivity contribution in [2.24, 2.45) is 0 Å². The number of carbonyl (C=O) groups excluding carboxylic acids is 1. The molecule has 2 fully saturated rings. The summed E-state index contributed by atoms with van der Waals surface area (Å²) in [6.45, 7) is 2.98. The predicted molar refractivity (Wildman–Crippen MR) is 146 cm³/mol. The molecule has 2 aromatic carbocycles. The van der Waals surface area contributed by atoms with Gasteiger partial charge >= 0.3 is 0 Å². The summed E-state index contributed by atoms with van der Waals surface area (Å²) >= 11 is 0. The van der Waals surface area contributed by atoms with Gasteiger partial charge in [0.1, 0.15) is 0 Å². The number of nitrogens with zero attached hydrogens (tertiary/aromatic N) is 3. The summed E-state index contributed by atoms with van der Waals surface area (Å²) in [5.41, 5.74) is 1.29. The van der Waals surface area contributed by atoms with Gasteiger partial charge in [-0.1, -0.05) is 30.7 Å². The Morgan fingerprint density at radius 2 is 1.74 bits per heavy atom. The van der Waals surface area contributed by atoms with Gasteiger partial charge in [-0.3, -0.25) is 4.79 Å². The zero-order valence-corrected chi connectivity index (χ0v) is 21.4. The SMILES string of the molecule is O=C(Nc1ccc(-c2cc(C3(C(F)F)Nc4ccccc4N3)nc(N3CCOCC3)n2)cc1)[C@@H]1CCCCN1. The molecule has 1 aromatic heterocycles. The molecule has 0 spiro atoms. The fourth-order valence-corrected chi connectivity index (χ4v) is 5.22. The standard InChI is InChI=1S/C28H31F2N7O2/c29-26(30)28(35-20-5-1-2-6-21(20)36-28)24-17-23(33-27(34-24)37-13-15-39-16-14-37)18-8-10-19(11-9-18)32-25(38)22-7-3-4-12-31-22/h1-2,5-6,8-11,17,22,26,31,35-36H,3-4,7,12-16H2,(H,32,38)/t22-/m0/s1. The van der Waals surface area contributed by atoms with Crippen LogP contribution in [-0.4, -0.2) is 61.2 Å². The number of anilines is 4. The lowest BCUT2D eigenvalue weighted by Gasteiger charge is -2.32. The van der Waals surface area contributed by atoms with Gasteiger partial charge in [0.2, 0.25) is 17.5 Å². The Bertz CT molecular complexity index is 1300. The fraction of sp³-hybridized carbons (Fsp3) is 0.393. The first-order valence-electron chi connectivity index (χ1n) is 13.3. The molecule has 4 heterocycles. The zero-order valence-electron chi connectivity index (χ0n) is 21.4. The van der Waals surface area contributed by atoms with Crippen molar-refractivity contribution in [3.05, 3.63) is 60.3 Å². The quantitative estimate of drug-likeness (QED) is 0.376. The van der Waals surface area contributed by atoms with E-state index in [9.17, 15) is 13.6 Å². The van der Waals surface area contributed by atoms with Gasteiger partial charge in [-0.05, 0) is 49.7 Å². The summed E-state index contributed by atoms with van der Waals surface area (Å²) in [5.74, 6) is 0.310. The summed E-state index contributed by atoms with van der Waals surface area (Å²) in [4.78, 5) is 24.0. The number of para-hydroxylation sites is 2. The number of rotatable bonds is 6. The molecule has 0 saturated carbocycles. The molecule has 3 aliphatic rings.